The molecule has 0 bridgehead atoms. The van der Waals surface area contributed by atoms with Crippen LogP contribution in [0.2, 0.25) is 0 Å². The highest BCUT2D eigenvalue weighted by atomic mass is 19.1. The molecule has 3 aromatic rings. The Morgan fingerprint density at radius 1 is 0.800 bits per heavy atom. The SMILES string of the molecule is Fc1ccc(C2=NN(c3ccccc3)C[N+](c3ccccc3)=N2)cc1. The van der Waals surface area contributed by atoms with E-state index in [1.165, 1.54) is 12.1 Å². The Bertz CT molecular complexity index is 919. The van der Waals surface area contributed by atoms with Gasteiger partial charge in [-0.3, -0.25) is 0 Å². The van der Waals surface area contributed by atoms with E-state index in [-0.39, 0.29) is 5.82 Å². The highest BCUT2D eigenvalue weighted by Gasteiger charge is 2.25. The number of rotatable bonds is 3. The molecule has 0 aliphatic carbocycles. The van der Waals surface area contributed by atoms with E-state index < -0.39 is 0 Å². The Labute approximate surface area is 145 Å². The molecule has 1 aliphatic rings. The summed E-state index contributed by atoms with van der Waals surface area (Å²) < 4.78 is 15.1. The lowest BCUT2D eigenvalue weighted by molar-refractivity contribution is -0.508. The minimum Gasteiger partial charge on any atom is -0.207 e. The van der Waals surface area contributed by atoms with E-state index >= 15 is 0 Å². The van der Waals surface area contributed by atoms with E-state index in [0.717, 1.165) is 16.9 Å². The molecule has 3 aromatic carbocycles. The first-order valence-corrected chi connectivity index (χ1v) is 8.01. The predicted octanol–water partition coefficient (Wildman–Crippen LogP) is 4.76. The molecule has 4 nitrogen and oxygen atoms in total. The largest absolute Gasteiger partial charge is 0.269 e. The molecule has 4 rings (SSSR count). The summed E-state index contributed by atoms with van der Waals surface area (Å²) >= 11 is 0. The van der Waals surface area contributed by atoms with Crippen LogP contribution in [-0.2, 0) is 0 Å². The van der Waals surface area contributed by atoms with Crippen molar-refractivity contribution in [1.82, 2.24) is 0 Å². The van der Waals surface area contributed by atoms with Crippen molar-refractivity contribution in [3.8, 4) is 0 Å². The normalized spacial score (nSPS) is 14.0. The molecule has 0 fully saturated rings. The van der Waals surface area contributed by atoms with Crippen LogP contribution in [0.1, 0.15) is 5.56 Å². The average molecular weight is 331 g/mol. The van der Waals surface area contributed by atoms with Crippen molar-refractivity contribution >= 4 is 17.2 Å². The van der Waals surface area contributed by atoms with Crippen LogP contribution in [-0.4, -0.2) is 17.2 Å². The maximum atomic E-state index is 13.2. The molecule has 0 amide bonds. The van der Waals surface area contributed by atoms with E-state index in [2.05, 4.69) is 10.2 Å². The molecule has 0 unspecified atom stereocenters. The lowest BCUT2D eigenvalue weighted by Gasteiger charge is -2.20. The third-order valence-corrected chi connectivity index (χ3v) is 3.91. The molecular formula is C20H16FN4+. The lowest BCUT2D eigenvalue weighted by Crippen LogP contribution is -2.31. The number of para-hydroxylation sites is 2. The van der Waals surface area contributed by atoms with Gasteiger partial charge in [-0.1, -0.05) is 41.1 Å². The lowest BCUT2D eigenvalue weighted by atomic mass is 10.2. The molecule has 0 aromatic heterocycles. The van der Waals surface area contributed by atoms with Crippen LogP contribution < -0.4 is 5.01 Å². The molecule has 122 valence electrons. The summed E-state index contributed by atoms with van der Waals surface area (Å²) in [4.78, 5) is 0. The fraction of sp³-hybridized carbons (Fsp3) is 0.0500. The molecule has 0 saturated carbocycles. The minimum absolute atomic E-state index is 0.278. The zero-order valence-electron chi connectivity index (χ0n) is 13.5. The molecule has 0 atom stereocenters. The van der Waals surface area contributed by atoms with Crippen LogP contribution in [0.3, 0.4) is 0 Å². The average Bonchev–Trinajstić information content (AvgIpc) is 2.69. The van der Waals surface area contributed by atoms with Crippen LogP contribution in [0, 0.1) is 5.82 Å². The number of nitrogens with zero attached hydrogens (tertiary/aromatic N) is 4. The van der Waals surface area contributed by atoms with Crippen molar-refractivity contribution in [1.29, 1.82) is 0 Å². The van der Waals surface area contributed by atoms with Gasteiger partial charge in [-0.25, -0.2) is 9.40 Å². The zero-order chi connectivity index (χ0) is 17.1. The number of benzene rings is 3. The second-order valence-electron chi connectivity index (χ2n) is 5.64. The van der Waals surface area contributed by atoms with E-state index in [9.17, 15) is 4.39 Å². The molecule has 1 aliphatic heterocycles. The van der Waals surface area contributed by atoms with Gasteiger partial charge in [-0.05, 0) is 36.4 Å². The molecule has 0 radical (unpaired) electrons. The first kappa shape index (κ1) is 15.2. The maximum Gasteiger partial charge on any atom is 0.269 e. The van der Waals surface area contributed by atoms with E-state index in [1.807, 2.05) is 70.4 Å². The van der Waals surface area contributed by atoms with Gasteiger partial charge in [0.2, 0.25) is 11.5 Å². The topological polar surface area (TPSA) is 31.0 Å². The van der Waals surface area contributed by atoms with Crippen LogP contribution in [0.15, 0.2) is 95.1 Å². The fourth-order valence-corrected chi connectivity index (χ4v) is 2.63. The summed E-state index contributed by atoms with van der Waals surface area (Å²) in [5.41, 5.74) is 2.71. The Morgan fingerprint density at radius 3 is 2.12 bits per heavy atom. The first-order chi connectivity index (χ1) is 12.3. The third-order valence-electron chi connectivity index (χ3n) is 3.91. The first-order valence-electron chi connectivity index (χ1n) is 8.01. The number of hydrogen-bond donors (Lipinski definition) is 0. The number of amidine groups is 1. The van der Waals surface area contributed by atoms with Gasteiger partial charge < -0.3 is 0 Å². The van der Waals surface area contributed by atoms with Crippen molar-refractivity contribution < 1.29 is 9.09 Å². The van der Waals surface area contributed by atoms with Crippen molar-refractivity contribution in [3.63, 3.8) is 0 Å². The maximum absolute atomic E-state index is 13.2. The summed E-state index contributed by atoms with van der Waals surface area (Å²) in [6.07, 6.45) is 0. The van der Waals surface area contributed by atoms with Gasteiger partial charge in [-0.15, -0.1) is 5.10 Å². The molecule has 1 heterocycles. The van der Waals surface area contributed by atoms with Gasteiger partial charge in [-0.2, -0.15) is 0 Å². The van der Waals surface area contributed by atoms with Crippen LogP contribution in [0.4, 0.5) is 15.8 Å². The van der Waals surface area contributed by atoms with E-state index in [1.54, 1.807) is 12.1 Å². The standard InChI is InChI=1S/C20H16FN4/c21-17-13-11-16(12-14-17)20-22-24(18-7-3-1-4-8-18)15-25(23-20)19-9-5-2-6-10-19/h1-14H,15H2/q+1. The highest BCUT2D eigenvalue weighted by molar-refractivity contribution is 5.99. The Hall–Kier alpha value is -3.34. The van der Waals surface area contributed by atoms with Crippen LogP contribution >= 0.6 is 0 Å². The summed E-state index contributed by atoms with van der Waals surface area (Å²) in [5, 5.41) is 11.2. The van der Waals surface area contributed by atoms with Crippen molar-refractivity contribution in [3.05, 3.63) is 96.3 Å². The van der Waals surface area contributed by atoms with Gasteiger partial charge in [0.05, 0.1) is 5.69 Å². The van der Waals surface area contributed by atoms with Gasteiger partial charge >= 0.3 is 0 Å². The minimum atomic E-state index is -0.278. The third kappa shape index (κ3) is 3.30. The predicted molar refractivity (Wildman–Crippen MR) is 95.5 cm³/mol. The van der Waals surface area contributed by atoms with E-state index in [4.69, 9.17) is 0 Å². The molecule has 0 saturated heterocycles. The molecule has 0 N–H and O–H groups in total. The van der Waals surface area contributed by atoms with Crippen molar-refractivity contribution in [2.75, 3.05) is 11.7 Å². The number of hydrogen-bond acceptors (Lipinski definition) is 3. The van der Waals surface area contributed by atoms with Crippen molar-refractivity contribution in [2.45, 2.75) is 0 Å². The van der Waals surface area contributed by atoms with Crippen LogP contribution in [0.5, 0.6) is 0 Å². The quantitative estimate of drug-likeness (QED) is 0.637. The van der Waals surface area contributed by atoms with E-state index in [0.29, 0.717) is 12.5 Å². The van der Waals surface area contributed by atoms with Crippen LogP contribution in [0.25, 0.3) is 0 Å². The molecular weight excluding hydrogens is 315 g/mol. The smallest absolute Gasteiger partial charge is 0.207 e. The molecule has 5 heteroatoms. The number of hydrazone groups is 1. The second-order valence-corrected chi connectivity index (χ2v) is 5.64. The number of azo groups is 2. The summed E-state index contributed by atoms with van der Waals surface area (Å²) in [6.45, 7) is 0.499. The Kier molecular flexibility index (Phi) is 4.04. The van der Waals surface area contributed by atoms with Gasteiger partial charge in [0.15, 0.2) is 0 Å². The second kappa shape index (κ2) is 6.65. The highest BCUT2D eigenvalue weighted by Crippen LogP contribution is 2.22. The number of halogens is 1. The Morgan fingerprint density at radius 2 is 1.44 bits per heavy atom. The van der Waals surface area contributed by atoms with Crippen molar-refractivity contribution in [2.24, 2.45) is 10.2 Å². The number of anilines is 1. The van der Waals surface area contributed by atoms with Gasteiger partial charge in [0, 0.05) is 22.8 Å². The van der Waals surface area contributed by atoms with Gasteiger partial charge in [0.25, 0.3) is 6.67 Å². The summed E-state index contributed by atoms with van der Waals surface area (Å²) in [6, 6.07) is 26.0. The summed E-state index contributed by atoms with van der Waals surface area (Å²) in [7, 11) is 0. The summed E-state index contributed by atoms with van der Waals surface area (Å²) in [5.74, 6) is 0.263. The monoisotopic (exact) mass is 331 g/mol. The fourth-order valence-electron chi connectivity index (χ4n) is 2.63. The Balaban J connectivity index is 1.78. The zero-order valence-corrected chi connectivity index (χ0v) is 13.5. The van der Waals surface area contributed by atoms with Gasteiger partial charge in [0.1, 0.15) is 5.82 Å². The molecule has 25 heavy (non-hydrogen) atoms. The molecule has 0 spiro atoms.